The lowest BCUT2D eigenvalue weighted by Gasteiger charge is -2.46. The average Bonchev–Trinajstić information content (AvgIpc) is 3.08. The van der Waals surface area contributed by atoms with Crippen LogP contribution in [0.1, 0.15) is 150 Å². The molecular formula is C31H56N4O3S. The smallest absolute Gasteiger partial charge is 0.246 e. The molecule has 2 aliphatic rings. The van der Waals surface area contributed by atoms with Gasteiger partial charge in [0.15, 0.2) is 0 Å². The van der Waals surface area contributed by atoms with Crippen LogP contribution in [0.25, 0.3) is 0 Å². The van der Waals surface area contributed by atoms with E-state index in [1.54, 1.807) is 0 Å². The van der Waals surface area contributed by atoms with Gasteiger partial charge in [-0.3, -0.25) is 19.8 Å². The molecule has 0 aliphatic carbocycles. The molecule has 0 spiro atoms. The molecule has 39 heavy (non-hydrogen) atoms. The van der Waals surface area contributed by atoms with Gasteiger partial charge in [-0.2, -0.15) is 0 Å². The summed E-state index contributed by atoms with van der Waals surface area (Å²) in [4.78, 5) is 38.0. The van der Waals surface area contributed by atoms with E-state index < -0.39 is 0 Å². The standard InChI is InChI=1S/C31H56N4O3S/c1-6-7-8-9-10-11-12-13-14-15-18-24-21-28(38)35(29(24)39)33-27(37)20-17-16-19-26(36)32-25-22-30(2,3)34-31(4,5)23-25/h24-25,34H,6-23H2,1-5H3,(H,32,36)(H,33,37). The van der Waals surface area contributed by atoms with Gasteiger partial charge < -0.3 is 10.6 Å². The van der Waals surface area contributed by atoms with E-state index in [-0.39, 0.29) is 47.2 Å². The topological polar surface area (TPSA) is 90.5 Å². The lowest BCUT2D eigenvalue weighted by molar-refractivity contribution is -0.135. The summed E-state index contributed by atoms with van der Waals surface area (Å²) in [5.74, 6) is -0.236. The molecule has 0 radical (unpaired) electrons. The fourth-order valence-corrected chi connectivity index (χ4v) is 6.74. The molecule has 2 heterocycles. The highest BCUT2D eigenvalue weighted by molar-refractivity contribution is 7.80. The molecule has 2 fully saturated rings. The molecule has 2 aliphatic heterocycles. The van der Waals surface area contributed by atoms with Crippen LogP contribution >= 0.6 is 12.2 Å². The predicted molar refractivity (Wildman–Crippen MR) is 163 cm³/mol. The lowest BCUT2D eigenvalue weighted by Crippen LogP contribution is -2.62. The van der Waals surface area contributed by atoms with Crippen LogP contribution in [0.2, 0.25) is 0 Å². The second-order valence-corrected chi connectivity index (χ2v) is 13.7. The summed E-state index contributed by atoms with van der Waals surface area (Å²) in [6.07, 6.45) is 17.8. The highest BCUT2D eigenvalue weighted by Gasteiger charge is 2.38. The van der Waals surface area contributed by atoms with Gasteiger partial charge in [0.05, 0.1) is 0 Å². The molecule has 1 unspecified atom stereocenters. The van der Waals surface area contributed by atoms with Crippen LogP contribution in [-0.2, 0) is 14.4 Å². The summed E-state index contributed by atoms with van der Waals surface area (Å²) in [5, 5.41) is 8.11. The van der Waals surface area contributed by atoms with E-state index in [2.05, 4.69) is 50.7 Å². The van der Waals surface area contributed by atoms with Crippen LogP contribution in [0.4, 0.5) is 0 Å². The van der Waals surface area contributed by atoms with Crippen LogP contribution < -0.4 is 16.1 Å². The maximum absolute atomic E-state index is 12.5. The first kappa shape index (κ1) is 33.7. The summed E-state index contributed by atoms with van der Waals surface area (Å²) < 4.78 is 0. The molecule has 0 bridgehead atoms. The molecule has 8 heteroatoms. The molecule has 2 rings (SSSR count). The molecular weight excluding hydrogens is 508 g/mol. The second kappa shape index (κ2) is 16.7. The molecule has 3 amide bonds. The number of thiocarbonyl (C=S) groups is 1. The van der Waals surface area contributed by atoms with Gasteiger partial charge in [0.25, 0.3) is 0 Å². The molecule has 3 N–H and O–H groups in total. The number of nitrogens with one attached hydrogen (secondary N) is 3. The van der Waals surface area contributed by atoms with Crippen molar-refractivity contribution in [3.63, 3.8) is 0 Å². The largest absolute Gasteiger partial charge is 0.353 e. The van der Waals surface area contributed by atoms with Crippen molar-refractivity contribution in [3.8, 4) is 0 Å². The van der Waals surface area contributed by atoms with Gasteiger partial charge in [0.1, 0.15) is 4.99 Å². The number of hydrogen-bond donors (Lipinski definition) is 3. The minimum absolute atomic E-state index is 0.0163. The van der Waals surface area contributed by atoms with E-state index >= 15 is 0 Å². The third kappa shape index (κ3) is 13.1. The third-order valence-electron chi connectivity index (χ3n) is 8.00. The van der Waals surface area contributed by atoms with Crippen LogP contribution in [0.15, 0.2) is 0 Å². The van der Waals surface area contributed by atoms with Crippen molar-refractivity contribution in [2.45, 2.75) is 167 Å². The van der Waals surface area contributed by atoms with Crippen LogP contribution in [-0.4, -0.2) is 44.8 Å². The van der Waals surface area contributed by atoms with Gasteiger partial charge in [-0.05, 0) is 59.8 Å². The normalized spacial score (nSPS) is 20.8. The number of hydrazine groups is 1. The minimum Gasteiger partial charge on any atom is -0.353 e. The molecule has 0 saturated carbocycles. The lowest BCUT2D eigenvalue weighted by atomic mass is 9.79. The average molecular weight is 565 g/mol. The zero-order valence-corrected chi connectivity index (χ0v) is 26.3. The number of carbonyl (C=O) groups is 3. The predicted octanol–water partition coefficient (Wildman–Crippen LogP) is 6.49. The number of unbranched alkanes of at least 4 members (excludes halogenated alkanes) is 10. The summed E-state index contributed by atoms with van der Waals surface area (Å²) in [6, 6.07) is 0.155. The van der Waals surface area contributed by atoms with E-state index in [9.17, 15) is 14.4 Å². The number of rotatable bonds is 18. The van der Waals surface area contributed by atoms with Crippen molar-refractivity contribution >= 4 is 34.9 Å². The Morgan fingerprint density at radius 2 is 1.36 bits per heavy atom. The summed E-state index contributed by atoms with van der Waals surface area (Å²) in [5.41, 5.74) is 2.68. The van der Waals surface area contributed by atoms with Gasteiger partial charge in [0, 0.05) is 42.3 Å². The second-order valence-electron chi connectivity index (χ2n) is 13.2. The number of amides is 3. The van der Waals surface area contributed by atoms with Crippen molar-refractivity contribution in [1.29, 1.82) is 0 Å². The maximum atomic E-state index is 12.5. The Labute approximate surface area is 243 Å². The summed E-state index contributed by atoms with van der Waals surface area (Å²) >= 11 is 5.54. The summed E-state index contributed by atoms with van der Waals surface area (Å²) in [7, 11) is 0. The minimum atomic E-state index is -0.215. The first-order chi connectivity index (χ1) is 18.4. The Morgan fingerprint density at radius 1 is 0.846 bits per heavy atom. The SMILES string of the molecule is CCCCCCCCCCCCC1CC(=O)N(NC(=O)CCCCC(=O)NC2CC(C)(C)NC(C)(C)C2)C1=S. The van der Waals surface area contributed by atoms with Crippen molar-refractivity contribution in [2.75, 3.05) is 0 Å². The Bertz CT molecular complexity index is 798. The Kier molecular flexibility index (Phi) is 14.4. The van der Waals surface area contributed by atoms with E-state index in [1.807, 2.05) is 0 Å². The molecule has 0 aromatic carbocycles. The zero-order valence-electron chi connectivity index (χ0n) is 25.5. The van der Waals surface area contributed by atoms with E-state index in [0.717, 1.165) is 25.7 Å². The molecule has 2 saturated heterocycles. The van der Waals surface area contributed by atoms with Crippen molar-refractivity contribution in [3.05, 3.63) is 0 Å². The maximum Gasteiger partial charge on any atom is 0.246 e. The molecule has 0 aromatic rings. The molecule has 1 atom stereocenters. The van der Waals surface area contributed by atoms with Crippen molar-refractivity contribution in [2.24, 2.45) is 5.92 Å². The van der Waals surface area contributed by atoms with Gasteiger partial charge in [-0.1, -0.05) is 83.3 Å². The van der Waals surface area contributed by atoms with E-state index in [4.69, 9.17) is 12.2 Å². The fourth-order valence-electron chi connectivity index (χ4n) is 6.39. The first-order valence-corrected chi connectivity index (χ1v) is 16.1. The Hall–Kier alpha value is -1.54. The molecule has 224 valence electrons. The Balaban J connectivity index is 1.57. The van der Waals surface area contributed by atoms with Crippen LogP contribution in [0.3, 0.4) is 0 Å². The number of carbonyl (C=O) groups excluding carboxylic acids is 3. The van der Waals surface area contributed by atoms with E-state index in [0.29, 0.717) is 30.7 Å². The third-order valence-corrected chi connectivity index (χ3v) is 8.51. The van der Waals surface area contributed by atoms with Crippen molar-refractivity contribution < 1.29 is 14.4 Å². The number of piperidine rings is 1. The van der Waals surface area contributed by atoms with Gasteiger partial charge >= 0.3 is 0 Å². The highest BCUT2D eigenvalue weighted by atomic mass is 32.1. The van der Waals surface area contributed by atoms with Crippen LogP contribution in [0, 0.1) is 5.92 Å². The van der Waals surface area contributed by atoms with Gasteiger partial charge in [-0.25, -0.2) is 5.01 Å². The fraction of sp³-hybridized carbons (Fsp3) is 0.871. The van der Waals surface area contributed by atoms with Gasteiger partial charge in [0.2, 0.25) is 17.7 Å². The molecule has 0 aromatic heterocycles. The number of nitrogens with zero attached hydrogens (tertiary/aromatic N) is 1. The molecule has 7 nitrogen and oxygen atoms in total. The zero-order chi connectivity index (χ0) is 28.9. The number of hydrogen-bond acceptors (Lipinski definition) is 5. The van der Waals surface area contributed by atoms with Gasteiger partial charge in [-0.15, -0.1) is 0 Å². The summed E-state index contributed by atoms with van der Waals surface area (Å²) in [6.45, 7) is 10.9. The first-order valence-electron chi connectivity index (χ1n) is 15.7. The Morgan fingerprint density at radius 3 is 1.92 bits per heavy atom. The highest BCUT2D eigenvalue weighted by Crippen LogP contribution is 2.29. The van der Waals surface area contributed by atoms with Crippen molar-refractivity contribution in [1.82, 2.24) is 21.1 Å². The van der Waals surface area contributed by atoms with E-state index in [1.165, 1.54) is 62.8 Å². The quantitative estimate of drug-likeness (QED) is 0.131. The monoisotopic (exact) mass is 564 g/mol. The van der Waals surface area contributed by atoms with Crippen LogP contribution in [0.5, 0.6) is 0 Å².